The van der Waals surface area contributed by atoms with Crippen molar-refractivity contribution in [2.24, 2.45) is 5.92 Å². The van der Waals surface area contributed by atoms with Crippen LogP contribution in [0.4, 0.5) is 10.1 Å². The Morgan fingerprint density at radius 2 is 2.10 bits per heavy atom. The van der Waals surface area contributed by atoms with Crippen molar-refractivity contribution in [2.75, 3.05) is 11.1 Å². The van der Waals surface area contributed by atoms with Gasteiger partial charge in [-0.05, 0) is 55.5 Å². The minimum atomic E-state index is -0.434. The number of anilines is 1. The third kappa shape index (κ3) is 4.95. The monoisotopic (exact) mass is 439 g/mol. The lowest BCUT2D eigenvalue weighted by molar-refractivity contribution is -0.113. The molecule has 0 aliphatic heterocycles. The first kappa shape index (κ1) is 21.5. The number of nitrogens with one attached hydrogen (secondary N) is 1. The van der Waals surface area contributed by atoms with E-state index in [1.165, 1.54) is 24.2 Å². The van der Waals surface area contributed by atoms with E-state index in [-0.39, 0.29) is 23.4 Å². The van der Waals surface area contributed by atoms with E-state index in [0.717, 1.165) is 36.2 Å². The third-order valence-corrected chi connectivity index (χ3v) is 6.66. The first-order valence-electron chi connectivity index (χ1n) is 10.6. The summed E-state index contributed by atoms with van der Waals surface area (Å²) in [5.41, 5.74) is 1.91. The van der Waals surface area contributed by atoms with Crippen LogP contribution in [0.15, 0.2) is 47.9 Å². The number of halogens is 1. The van der Waals surface area contributed by atoms with Crippen molar-refractivity contribution in [3.8, 4) is 11.4 Å². The molecule has 0 spiro atoms. The zero-order valence-electron chi connectivity index (χ0n) is 17.7. The molecule has 1 aliphatic carbocycles. The van der Waals surface area contributed by atoms with Crippen LogP contribution in [0.5, 0.6) is 0 Å². The molecule has 31 heavy (non-hydrogen) atoms. The second-order valence-electron chi connectivity index (χ2n) is 8.07. The molecule has 2 heterocycles. The predicted molar refractivity (Wildman–Crippen MR) is 120 cm³/mol. The van der Waals surface area contributed by atoms with Gasteiger partial charge in [-0.25, -0.2) is 4.39 Å². The second-order valence-corrected chi connectivity index (χ2v) is 9.01. The molecule has 0 bridgehead atoms. The lowest BCUT2D eigenvalue weighted by Crippen LogP contribution is -2.23. The van der Waals surface area contributed by atoms with E-state index in [0.29, 0.717) is 11.1 Å². The Bertz CT molecular complexity index is 1060. The molecule has 8 heteroatoms. The molecular formula is C23H26FN5OS. The maximum atomic E-state index is 14.1. The Labute approximate surface area is 185 Å². The van der Waals surface area contributed by atoms with Gasteiger partial charge < -0.3 is 5.32 Å². The summed E-state index contributed by atoms with van der Waals surface area (Å²) in [5.74, 6) is 0.687. The maximum absolute atomic E-state index is 14.1. The van der Waals surface area contributed by atoms with Gasteiger partial charge in [0.15, 0.2) is 11.0 Å². The van der Waals surface area contributed by atoms with Crippen molar-refractivity contribution in [2.45, 2.75) is 50.7 Å². The Kier molecular flexibility index (Phi) is 6.65. The van der Waals surface area contributed by atoms with Gasteiger partial charge in [-0.2, -0.15) is 0 Å². The van der Waals surface area contributed by atoms with Crippen LogP contribution in [0.2, 0.25) is 0 Å². The van der Waals surface area contributed by atoms with Gasteiger partial charge in [-0.15, -0.1) is 10.2 Å². The minimum absolute atomic E-state index is 0.125. The van der Waals surface area contributed by atoms with E-state index in [1.54, 1.807) is 24.5 Å². The molecule has 6 nitrogen and oxygen atoms in total. The molecule has 4 rings (SSSR count). The highest BCUT2D eigenvalue weighted by Crippen LogP contribution is 2.38. The Balaban J connectivity index is 1.55. The van der Waals surface area contributed by atoms with Gasteiger partial charge in [0.05, 0.1) is 11.4 Å². The molecule has 3 aromatic rings. The van der Waals surface area contributed by atoms with E-state index >= 15 is 0 Å². The number of rotatable bonds is 6. The Morgan fingerprint density at radius 3 is 2.84 bits per heavy atom. The van der Waals surface area contributed by atoms with Crippen molar-refractivity contribution in [3.63, 3.8) is 0 Å². The summed E-state index contributed by atoms with van der Waals surface area (Å²) in [6.45, 7) is 4.07. The van der Waals surface area contributed by atoms with E-state index in [2.05, 4.69) is 32.0 Å². The summed E-state index contributed by atoms with van der Waals surface area (Å²) in [6.07, 6.45) is 8.13. The predicted octanol–water partition coefficient (Wildman–Crippen LogP) is 5.27. The van der Waals surface area contributed by atoms with Crippen LogP contribution in [0.3, 0.4) is 0 Å². The fourth-order valence-corrected chi connectivity index (χ4v) is 4.88. The average Bonchev–Trinajstić information content (AvgIpc) is 3.19. The van der Waals surface area contributed by atoms with Crippen molar-refractivity contribution in [1.82, 2.24) is 19.7 Å². The highest BCUT2D eigenvalue weighted by molar-refractivity contribution is 7.99. The van der Waals surface area contributed by atoms with E-state index < -0.39 is 5.82 Å². The van der Waals surface area contributed by atoms with Crippen LogP contribution in [0.1, 0.15) is 44.2 Å². The molecule has 1 fully saturated rings. The summed E-state index contributed by atoms with van der Waals surface area (Å²) < 4.78 is 16.2. The number of amides is 1. The zero-order valence-corrected chi connectivity index (χ0v) is 18.5. The van der Waals surface area contributed by atoms with Gasteiger partial charge in [0.25, 0.3) is 0 Å². The first-order chi connectivity index (χ1) is 15.0. The molecular weight excluding hydrogens is 413 g/mol. The van der Waals surface area contributed by atoms with E-state index in [4.69, 9.17) is 0 Å². The van der Waals surface area contributed by atoms with Crippen LogP contribution in [0.25, 0.3) is 11.4 Å². The molecule has 1 aliphatic rings. The number of thioether (sulfide) groups is 1. The molecule has 1 saturated carbocycles. The molecule has 0 saturated heterocycles. The van der Waals surface area contributed by atoms with Crippen LogP contribution in [0, 0.1) is 18.7 Å². The molecule has 1 amide bonds. The molecule has 2 aromatic heterocycles. The van der Waals surface area contributed by atoms with Gasteiger partial charge in [0.1, 0.15) is 5.82 Å². The Hall–Kier alpha value is -2.74. The van der Waals surface area contributed by atoms with Crippen molar-refractivity contribution in [3.05, 3.63) is 54.1 Å². The summed E-state index contributed by atoms with van der Waals surface area (Å²) in [5, 5.41) is 12.2. The van der Waals surface area contributed by atoms with Crippen molar-refractivity contribution in [1.29, 1.82) is 0 Å². The summed E-state index contributed by atoms with van der Waals surface area (Å²) in [4.78, 5) is 16.7. The van der Waals surface area contributed by atoms with Crippen LogP contribution in [-0.2, 0) is 4.79 Å². The number of hydrogen-bond acceptors (Lipinski definition) is 5. The lowest BCUT2D eigenvalue weighted by Gasteiger charge is -2.31. The van der Waals surface area contributed by atoms with Gasteiger partial charge >= 0.3 is 0 Å². The van der Waals surface area contributed by atoms with Crippen LogP contribution in [-0.4, -0.2) is 31.4 Å². The largest absolute Gasteiger partial charge is 0.323 e. The van der Waals surface area contributed by atoms with Gasteiger partial charge in [0, 0.05) is 24.0 Å². The van der Waals surface area contributed by atoms with E-state index in [1.807, 2.05) is 19.1 Å². The molecule has 2 unspecified atom stereocenters. The fourth-order valence-electron chi connectivity index (χ4n) is 4.08. The number of carbonyl (C=O) groups excluding carboxylic acids is 1. The minimum Gasteiger partial charge on any atom is -0.323 e. The average molecular weight is 440 g/mol. The number of aryl methyl sites for hydroxylation is 1. The maximum Gasteiger partial charge on any atom is 0.234 e. The summed E-state index contributed by atoms with van der Waals surface area (Å²) >= 11 is 1.33. The topological polar surface area (TPSA) is 72.7 Å². The number of aromatic nitrogens is 4. The summed E-state index contributed by atoms with van der Waals surface area (Å²) in [7, 11) is 0. The number of nitrogens with zero attached hydrogens (tertiary/aromatic N) is 4. The SMILES string of the molecule is Cc1ccc(NC(=O)CSc2nnc(-c3cccnc3)n2C2CCCCC2C)c(F)c1. The number of hydrogen-bond donors (Lipinski definition) is 1. The smallest absolute Gasteiger partial charge is 0.234 e. The van der Waals surface area contributed by atoms with Gasteiger partial charge in [-0.1, -0.05) is 37.6 Å². The fraction of sp³-hybridized carbons (Fsp3) is 0.391. The molecule has 2 atom stereocenters. The highest BCUT2D eigenvalue weighted by atomic mass is 32.2. The van der Waals surface area contributed by atoms with Gasteiger partial charge in [0.2, 0.25) is 5.91 Å². The Morgan fingerprint density at radius 1 is 1.26 bits per heavy atom. The summed E-state index contributed by atoms with van der Waals surface area (Å²) in [6, 6.07) is 8.90. The number of carbonyl (C=O) groups is 1. The quantitative estimate of drug-likeness (QED) is 0.530. The van der Waals surface area contributed by atoms with Crippen molar-refractivity contribution >= 4 is 23.4 Å². The lowest BCUT2D eigenvalue weighted by atomic mass is 9.85. The normalized spacial score (nSPS) is 18.7. The third-order valence-electron chi connectivity index (χ3n) is 5.71. The molecule has 0 radical (unpaired) electrons. The van der Waals surface area contributed by atoms with Crippen LogP contribution < -0.4 is 5.32 Å². The number of benzene rings is 1. The highest BCUT2D eigenvalue weighted by Gasteiger charge is 2.29. The van der Waals surface area contributed by atoms with E-state index in [9.17, 15) is 9.18 Å². The molecule has 1 aromatic carbocycles. The second kappa shape index (κ2) is 9.60. The van der Waals surface area contributed by atoms with Crippen molar-refractivity contribution < 1.29 is 9.18 Å². The zero-order chi connectivity index (χ0) is 21.8. The van der Waals surface area contributed by atoms with Gasteiger partial charge in [-0.3, -0.25) is 14.3 Å². The molecule has 162 valence electrons. The van der Waals surface area contributed by atoms with Crippen LogP contribution >= 0.6 is 11.8 Å². The standard InChI is InChI=1S/C23H26FN5OS/c1-15-9-10-19(18(24)12-15)26-21(30)14-31-23-28-27-22(17-7-5-11-25-13-17)29(23)20-8-4-3-6-16(20)2/h5,7,9-13,16,20H,3-4,6,8,14H2,1-2H3,(H,26,30). The number of pyridine rings is 1. The molecule has 1 N–H and O–H groups in total. The first-order valence-corrected chi connectivity index (χ1v) is 11.6.